The maximum absolute atomic E-state index is 6.34. The van der Waals surface area contributed by atoms with Gasteiger partial charge in [-0.3, -0.25) is 4.98 Å². The van der Waals surface area contributed by atoms with E-state index >= 15 is 0 Å². The highest BCUT2D eigenvalue weighted by molar-refractivity contribution is 5.86. The number of fused-ring (bicyclic) bond motifs is 3. The van der Waals surface area contributed by atoms with E-state index in [1.165, 1.54) is 0 Å². The monoisotopic (exact) mass is 443 g/mol. The first-order chi connectivity index (χ1) is 16.7. The van der Waals surface area contributed by atoms with Crippen molar-refractivity contribution in [1.82, 2.24) is 24.0 Å². The van der Waals surface area contributed by atoms with Gasteiger partial charge in [0.05, 0.1) is 40.0 Å². The Bertz CT molecular complexity index is 1690. The zero-order valence-electron chi connectivity index (χ0n) is 18.2. The second kappa shape index (κ2) is 7.90. The van der Waals surface area contributed by atoms with Crippen LogP contribution in [0.15, 0.2) is 79.5 Å². The van der Waals surface area contributed by atoms with E-state index in [-0.39, 0.29) is 0 Å². The van der Waals surface area contributed by atoms with Crippen LogP contribution in [0.1, 0.15) is 22.5 Å². The summed E-state index contributed by atoms with van der Waals surface area (Å²) in [6.07, 6.45) is 17.5. The summed E-state index contributed by atoms with van der Waals surface area (Å²) in [4.78, 5) is 4.56. The molecule has 0 radical (unpaired) electrons. The Hall–Kier alpha value is -4.91. The fraction of sp³-hybridized carbons (Fsp3) is 0. The Morgan fingerprint density at radius 1 is 0.647 bits per heavy atom. The van der Waals surface area contributed by atoms with Gasteiger partial charge < -0.3 is 20.3 Å². The van der Waals surface area contributed by atoms with Gasteiger partial charge in [-0.15, -0.1) is 10.2 Å². The zero-order valence-corrected chi connectivity index (χ0v) is 18.2. The Morgan fingerprint density at radius 3 is 1.97 bits per heavy atom. The molecule has 7 heteroatoms. The molecule has 0 spiro atoms. The van der Waals surface area contributed by atoms with E-state index in [0.717, 1.165) is 56.2 Å². The first kappa shape index (κ1) is 19.8. The SMILES string of the molecule is Nc1c(/C=C/c2ccc3c(/C=C/c4ccn5cccc5c4N)nnc-3cn2)ccn2cccc12. The van der Waals surface area contributed by atoms with E-state index in [1.807, 2.05) is 106 Å². The van der Waals surface area contributed by atoms with Crippen LogP contribution in [-0.2, 0) is 0 Å². The summed E-state index contributed by atoms with van der Waals surface area (Å²) in [5.74, 6) is 0. The number of anilines is 2. The molecule has 4 aromatic heterocycles. The number of nitrogens with zero attached hydrogens (tertiary/aromatic N) is 5. The lowest BCUT2D eigenvalue weighted by Crippen LogP contribution is -1.94. The number of hydrogen-bond donors (Lipinski definition) is 2. The smallest absolute Gasteiger partial charge is 0.113 e. The van der Waals surface area contributed by atoms with Crippen molar-refractivity contribution < 1.29 is 0 Å². The molecule has 7 nitrogen and oxygen atoms in total. The molecule has 0 saturated heterocycles. The number of nitrogens with two attached hydrogens (primary N) is 2. The fourth-order valence-corrected chi connectivity index (χ4v) is 4.12. The van der Waals surface area contributed by atoms with Crippen molar-refractivity contribution in [3.05, 3.63) is 102 Å². The highest BCUT2D eigenvalue weighted by Gasteiger charge is 2.11. The van der Waals surface area contributed by atoms with E-state index in [4.69, 9.17) is 11.5 Å². The fourth-order valence-electron chi connectivity index (χ4n) is 4.12. The molecule has 2 aliphatic rings. The van der Waals surface area contributed by atoms with Gasteiger partial charge in [-0.1, -0.05) is 12.2 Å². The molecule has 0 fully saturated rings. The summed E-state index contributed by atoms with van der Waals surface area (Å²) in [7, 11) is 0. The first-order valence-electron chi connectivity index (χ1n) is 10.9. The molecule has 34 heavy (non-hydrogen) atoms. The van der Waals surface area contributed by atoms with Crippen LogP contribution in [-0.4, -0.2) is 24.0 Å². The van der Waals surface area contributed by atoms with Crippen molar-refractivity contribution in [2.45, 2.75) is 0 Å². The Labute approximate surface area is 195 Å². The van der Waals surface area contributed by atoms with Crippen molar-refractivity contribution >= 4 is 46.7 Å². The number of rotatable bonds is 4. The van der Waals surface area contributed by atoms with Crippen LogP contribution in [0.2, 0.25) is 0 Å². The first-order valence-corrected chi connectivity index (χ1v) is 10.9. The maximum atomic E-state index is 6.34. The minimum Gasteiger partial charge on any atom is -0.397 e. The molecule has 164 valence electrons. The Kier molecular flexibility index (Phi) is 4.59. The average Bonchev–Trinajstić information content (AvgIpc) is 3.57. The van der Waals surface area contributed by atoms with Crippen molar-refractivity contribution in [2.75, 3.05) is 11.5 Å². The molecule has 4 N–H and O–H groups in total. The van der Waals surface area contributed by atoms with E-state index in [9.17, 15) is 0 Å². The van der Waals surface area contributed by atoms with E-state index in [1.54, 1.807) is 6.20 Å². The highest BCUT2D eigenvalue weighted by Crippen LogP contribution is 2.26. The second-order valence-electron chi connectivity index (χ2n) is 8.04. The number of pyridine rings is 2. The van der Waals surface area contributed by atoms with E-state index in [2.05, 4.69) is 15.2 Å². The number of hydrogen-bond acceptors (Lipinski definition) is 5. The molecule has 0 saturated carbocycles. The van der Waals surface area contributed by atoms with Gasteiger partial charge in [0.15, 0.2) is 0 Å². The standard InChI is InChI=1S/C27H21N7/c28-26-18(11-15-33-13-1-3-24(26)33)5-7-20-8-9-21-22(31-32-23(21)17-30-20)10-6-19-12-16-34-14-2-4-25(34)27(19)29/h1-17H,28-29H2/b7-5+,10-6+. The molecule has 0 atom stereocenters. The molecular formula is C27H21N7. The van der Waals surface area contributed by atoms with Crippen LogP contribution in [0, 0.1) is 0 Å². The largest absolute Gasteiger partial charge is 0.397 e. The summed E-state index contributed by atoms with van der Waals surface area (Å²) in [5.41, 5.74) is 21.2. The van der Waals surface area contributed by atoms with Crippen LogP contribution >= 0.6 is 0 Å². The second-order valence-corrected chi connectivity index (χ2v) is 8.04. The van der Waals surface area contributed by atoms with Gasteiger partial charge in [-0.25, -0.2) is 0 Å². The Morgan fingerprint density at radius 2 is 1.29 bits per heavy atom. The predicted molar refractivity (Wildman–Crippen MR) is 138 cm³/mol. The minimum atomic E-state index is 0.725. The van der Waals surface area contributed by atoms with Gasteiger partial charge in [-0.2, -0.15) is 0 Å². The van der Waals surface area contributed by atoms with Crippen LogP contribution in [0.4, 0.5) is 11.4 Å². The van der Waals surface area contributed by atoms with Gasteiger partial charge in [0.1, 0.15) is 5.69 Å². The van der Waals surface area contributed by atoms with Crippen molar-refractivity contribution in [1.29, 1.82) is 0 Å². The molecule has 0 bridgehead atoms. The summed E-state index contributed by atoms with van der Waals surface area (Å²) in [5, 5.41) is 8.61. The third-order valence-corrected chi connectivity index (χ3v) is 5.99. The third-order valence-electron chi connectivity index (χ3n) is 5.99. The quantitative estimate of drug-likeness (QED) is 0.400. The summed E-state index contributed by atoms with van der Waals surface area (Å²) in [6, 6.07) is 15.9. The molecule has 0 unspecified atom stereocenters. The Balaban J connectivity index is 1.30. The molecule has 0 amide bonds. The normalized spacial score (nSPS) is 12.1. The van der Waals surface area contributed by atoms with Crippen LogP contribution in [0.5, 0.6) is 0 Å². The van der Waals surface area contributed by atoms with E-state index in [0.29, 0.717) is 0 Å². The zero-order chi connectivity index (χ0) is 23.1. The lowest BCUT2D eigenvalue weighted by Gasteiger charge is -2.03. The highest BCUT2D eigenvalue weighted by atomic mass is 15.1. The predicted octanol–water partition coefficient (Wildman–Crippen LogP) is 4.99. The van der Waals surface area contributed by atoms with Crippen molar-refractivity contribution in [3.63, 3.8) is 0 Å². The van der Waals surface area contributed by atoms with Gasteiger partial charge >= 0.3 is 0 Å². The maximum Gasteiger partial charge on any atom is 0.113 e. The van der Waals surface area contributed by atoms with Crippen LogP contribution in [0.3, 0.4) is 0 Å². The molecule has 0 aliphatic carbocycles. The van der Waals surface area contributed by atoms with Crippen LogP contribution in [0.25, 0.3) is 46.6 Å². The summed E-state index contributed by atoms with van der Waals surface area (Å²) >= 11 is 0. The van der Waals surface area contributed by atoms with Crippen LogP contribution < -0.4 is 11.5 Å². The third kappa shape index (κ3) is 3.36. The van der Waals surface area contributed by atoms with Crippen molar-refractivity contribution in [3.8, 4) is 11.3 Å². The molecule has 2 aliphatic heterocycles. The van der Waals surface area contributed by atoms with Gasteiger partial charge in [0, 0.05) is 41.5 Å². The van der Waals surface area contributed by atoms with Crippen molar-refractivity contribution in [2.24, 2.45) is 0 Å². The summed E-state index contributed by atoms with van der Waals surface area (Å²) < 4.78 is 3.99. The molecular weight excluding hydrogens is 422 g/mol. The van der Waals surface area contributed by atoms with Gasteiger partial charge in [-0.05, 0) is 60.7 Å². The molecule has 4 aromatic rings. The summed E-state index contributed by atoms with van der Waals surface area (Å²) in [6.45, 7) is 0. The molecule has 0 aromatic carbocycles. The van der Waals surface area contributed by atoms with Gasteiger partial charge in [0.2, 0.25) is 0 Å². The number of aromatic nitrogens is 5. The molecule has 6 heterocycles. The van der Waals surface area contributed by atoms with Gasteiger partial charge in [0.25, 0.3) is 0 Å². The lowest BCUT2D eigenvalue weighted by molar-refractivity contribution is 1.08. The number of nitrogen functional groups attached to an aromatic ring is 2. The molecule has 6 rings (SSSR count). The minimum absolute atomic E-state index is 0.725. The lowest BCUT2D eigenvalue weighted by atomic mass is 10.1. The average molecular weight is 444 g/mol. The topological polar surface area (TPSA) is 99.5 Å². The van der Waals surface area contributed by atoms with E-state index < -0.39 is 0 Å².